The zero-order chi connectivity index (χ0) is 12.4. The minimum Gasteiger partial charge on any atom is -0.382 e. The molecular weight excluding hydrogens is 198 g/mol. The summed E-state index contributed by atoms with van der Waals surface area (Å²) in [5.41, 5.74) is 6.92. The van der Waals surface area contributed by atoms with Gasteiger partial charge in [0.1, 0.15) is 0 Å². The monoisotopic (exact) mass is 227 g/mol. The first kappa shape index (κ1) is 14.0. The summed E-state index contributed by atoms with van der Waals surface area (Å²) in [6, 6.07) is 0. The van der Waals surface area contributed by atoms with Crippen LogP contribution in [0.4, 0.5) is 0 Å². The van der Waals surface area contributed by atoms with Gasteiger partial charge in [0.25, 0.3) is 0 Å². The van der Waals surface area contributed by atoms with Gasteiger partial charge in [0.2, 0.25) is 0 Å². The van der Waals surface area contributed by atoms with E-state index in [0.29, 0.717) is 5.41 Å². The van der Waals surface area contributed by atoms with Gasteiger partial charge < -0.3 is 10.5 Å². The lowest BCUT2D eigenvalue weighted by molar-refractivity contribution is 0.0605. The van der Waals surface area contributed by atoms with Gasteiger partial charge in [0.15, 0.2) is 0 Å². The fraction of sp³-hybridized carbons (Fsp3) is 1.00. The van der Waals surface area contributed by atoms with Crippen molar-refractivity contribution in [1.82, 2.24) is 0 Å². The van der Waals surface area contributed by atoms with Crippen molar-refractivity contribution in [2.24, 2.45) is 17.1 Å². The van der Waals surface area contributed by atoms with Gasteiger partial charge in [-0.05, 0) is 50.4 Å². The number of nitrogens with two attached hydrogens (primary N) is 1. The number of ether oxygens (including phenoxy) is 1. The lowest BCUT2D eigenvalue weighted by Gasteiger charge is -2.43. The van der Waals surface area contributed by atoms with Gasteiger partial charge in [-0.15, -0.1) is 0 Å². The molecule has 2 nitrogen and oxygen atoms in total. The van der Waals surface area contributed by atoms with E-state index in [1.54, 1.807) is 7.11 Å². The van der Waals surface area contributed by atoms with Gasteiger partial charge in [0, 0.05) is 12.6 Å². The highest BCUT2D eigenvalue weighted by molar-refractivity contribution is 4.93. The van der Waals surface area contributed by atoms with Crippen LogP contribution in [0, 0.1) is 11.3 Å². The molecule has 0 heterocycles. The van der Waals surface area contributed by atoms with Crippen LogP contribution in [-0.2, 0) is 4.74 Å². The molecule has 0 aliphatic heterocycles. The van der Waals surface area contributed by atoms with Gasteiger partial charge >= 0.3 is 0 Å². The number of rotatable bonds is 3. The summed E-state index contributed by atoms with van der Waals surface area (Å²) in [4.78, 5) is 0. The number of hydrogen-bond donors (Lipinski definition) is 1. The van der Waals surface area contributed by atoms with Gasteiger partial charge in [-0.25, -0.2) is 0 Å². The molecule has 0 aromatic heterocycles. The van der Waals surface area contributed by atoms with Crippen molar-refractivity contribution in [3.05, 3.63) is 0 Å². The van der Waals surface area contributed by atoms with E-state index < -0.39 is 0 Å². The summed E-state index contributed by atoms with van der Waals surface area (Å²) >= 11 is 0. The van der Waals surface area contributed by atoms with Crippen LogP contribution in [0.2, 0.25) is 0 Å². The summed E-state index contributed by atoms with van der Waals surface area (Å²) in [6.45, 7) is 9.15. The minimum atomic E-state index is 0.0250. The van der Waals surface area contributed by atoms with E-state index >= 15 is 0 Å². The second-order valence-corrected chi connectivity index (χ2v) is 6.75. The predicted molar refractivity (Wildman–Crippen MR) is 69.4 cm³/mol. The Morgan fingerprint density at radius 3 is 2.19 bits per heavy atom. The first-order valence-electron chi connectivity index (χ1n) is 6.58. The third-order valence-corrected chi connectivity index (χ3v) is 4.30. The Hall–Kier alpha value is -0.0800. The number of hydrogen-bond acceptors (Lipinski definition) is 2. The normalized spacial score (nSPS) is 33.8. The quantitative estimate of drug-likeness (QED) is 0.802. The van der Waals surface area contributed by atoms with Crippen molar-refractivity contribution in [2.45, 2.75) is 71.4 Å². The van der Waals surface area contributed by atoms with Gasteiger partial charge in [-0.2, -0.15) is 0 Å². The lowest BCUT2D eigenvalue weighted by Crippen LogP contribution is -2.47. The van der Waals surface area contributed by atoms with Crippen LogP contribution < -0.4 is 5.73 Å². The van der Waals surface area contributed by atoms with Crippen LogP contribution in [0.5, 0.6) is 0 Å². The van der Waals surface area contributed by atoms with E-state index in [1.807, 2.05) is 0 Å². The Morgan fingerprint density at radius 1 is 1.31 bits per heavy atom. The first-order valence-corrected chi connectivity index (χ1v) is 6.58. The van der Waals surface area contributed by atoms with Crippen molar-refractivity contribution < 1.29 is 4.74 Å². The highest BCUT2D eigenvalue weighted by Gasteiger charge is 2.36. The molecule has 1 aliphatic rings. The molecule has 2 N–H and O–H groups in total. The second-order valence-electron chi connectivity index (χ2n) is 6.75. The molecule has 1 fully saturated rings. The molecule has 0 bridgehead atoms. The molecule has 0 aromatic rings. The summed E-state index contributed by atoms with van der Waals surface area (Å²) in [5.74, 6) is 0.835. The van der Waals surface area contributed by atoms with Crippen molar-refractivity contribution in [1.29, 1.82) is 0 Å². The zero-order valence-corrected chi connectivity index (χ0v) is 11.7. The van der Waals surface area contributed by atoms with Crippen LogP contribution in [0.15, 0.2) is 0 Å². The molecule has 0 spiro atoms. The summed E-state index contributed by atoms with van der Waals surface area (Å²) < 4.78 is 5.33. The highest BCUT2D eigenvalue weighted by atomic mass is 16.5. The average molecular weight is 227 g/mol. The van der Waals surface area contributed by atoms with Crippen LogP contribution in [-0.4, -0.2) is 18.8 Å². The maximum atomic E-state index is 6.46. The molecule has 0 amide bonds. The molecule has 0 radical (unpaired) electrons. The molecular formula is C14H29NO. The largest absolute Gasteiger partial charge is 0.382 e. The molecule has 2 heteroatoms. The number of methoxy groups -OCH3 is 1. The summed E-state index contributed by atoms with van der Waals surface area (Å²) in [7, 11) is 1.77. The Morgan fingerprint density at radius 2 is 1.81 bits per heavy atom. The molecule has 1 rings (SSSR count). The van der Waals surface area contributed by atoms with Crippen LogP contribution in [0.25, 0.3) is 0 Å². The Bertz CT molecular complexity index is 211. The lowest BCUT2D eigenvalue weighted by atomic mass is 9.66. The topological polar surface area (TPSA) is 35.2 Å². The zero-order valence-electron chi connectivity index (χ0n) is 11.7. The fourth-order valence-electron chi connectivity index (χ4n) is 2.92. The SMILES string of the molecule is COC(C)CC1(N)CCC(C(C)(C)C)CC1. The molecule has 0 aromatic carbocycles. The first-order chi connectivity index (χ1) is 7.27. The minimum absolute atomic E-state index is 0.0250. The van der Waals surface area contributed by atoms with E-state index in [9.17, 15) is 0 Å². The molecule has 1 unspecified atom stereocenters. The molecule has 96 valence electrons. The standard InChI is InChI=1S/C14H29NO/c1-11(16-5)10-14(15)8-6-12(7-9-14)13(2,3)4/h11-12H,6-10,15H2,1-5H3. The highest BCUT2D eigenvalue weighted by Crippen LogP contribution is 2.41. The van der Waals surface area contributed by atoms with Crippen LogP contribution in [0.1, 0.15) is 59.8 Å². The molecule has 1 aliphatic carbocycles. The van der Waals surface area contributed by atoms with Crippen molar-refractivity contribution >= 4 is 0 Å². The summed E-state index contributed by atoms with van der Waals surface area (Å²) in [6.07, 6.45) is 6.15. The Balaban J connectivity index is 2.47. The summed E-state index contributed by atoms with van der Waals surface area (Å²) in [5, 5.41) is 0. The van der Waals surface area contributed by atoms with Crippen molar-refractivity contribution in [3.8, 4) is 0 Å². The maximum Gasteiger partial charge on any atom is 0.0560 e. The third kappa shape index (κ3) is 3.74. The maximum absolute atomic E-state index is 6.46. The smallest absolute Gasteiger partial charge is 0.0560 e. The Labute approximate surface area is 101 Å². The van der Waals surface area contributed by atoms with Gasteiger partial charge in [-0.3, -0.25) is 0 Å². The van der Waals surface area contributed by atoms with Crippen LogP contribution >= 0.6 is 0 Å². The average Bonchev–Trinajstić information content (AvgIpc) is 2.16. The third-order valence-electron chi connectivity index (χ3n) is 4.30. The van der Waals surface area contributed by atoms with Gasteiger partial charge in [-0.1, -0.05) is 20.8 Å². The van der Waals surface area contributed by atoms with E-state index in [0.717, 1.165) is 25.2 Å². The van der Waals surface area contributed by atoms with Crippen molar-refractivity contribution in [2.75, 3.05) is 7.11 Å². The van der Waals surface area contributed by atoms with E-state index in [1.165, 1.54) is 12.8 Å². The Kier molecular flexibility index (Phi) is 4.42. The van der Waals surface area contributed by atoms with E-state index in [2.05, 4.69) is 27.7 Å². The molecule has 16 heavy (non-hydrogen) atoms. The molecule has 1 saturated carbocycles. The van der Waals surface area contributed by atoms with E-state index in [4.69, 9.17) is 10.5 Å². The second kappa shape index (κ2) is 5.05. The fourth-order valence-corrected chi connectivity index (χ4v) is 2.92. The predicted octanol–water partition coefficient (Wildman–Crippen LogP) is 3.35. The molecule has 1 atom stereocenters. The van der Waals surface area contributed by atoms with E-state index in [-0.39, 0.29) is 11.6 Å². The van der Waals surface area contributed by atoms with Crippen LogP contribution in [0.3, 0.4) is 0 Å². The van der Waals surface area contributed by atoms with Crippen molar-refractivity contribution in [3.63, 3.8) is 0 Å². The van der Waals surface area contributed by atoms with Gasteiger partial charge in [0.05, 0.1) is 6.10 Å². The molecule has 0 saturated heterocycles.